The van der Waals surface area contributed by atoms with Crippen LogP contribution in [0.15, 0.2) is 30.3 Å². The third-order valence-electron chi connectivity index (χ3n) is 3.44. The van der Waals surface area contributed by atoms with Gasteiger partial charge in [-0.15, -0.1) is 0 Å². The molecule has 2 N–H and O–H groups in total. The molecule has 1 aliphatic rings. The fourth-order valence-electron chi connectivity index (χ4n) is 2.44. The summed E-state index contributed by atoms with van der Waals surface area (Å²) in [5.41, 5.74) is 7.18. The first-order chi connectivity index (χ1) is 7.90. The molecule has 0 spiro atoms. The van der Waals surface area contributed by atoms with Crippen LogP contribution in [0.4, 0.5) is 0 Å². The van der Waals surface area contributed by atoms with Gasteiger partial charge in [0.1, 0.15) is 0 Å². The lowest BCUT2D eigenvalue weighted by Gasteiger charge is -2.31. The first-order valence-electron chi connectivity index (χ1n) is 6.25. The van der Waals surface area contributed by atoms with Crippen LogP contribution in [0.25, 0.3) is 0 Å². The van der Waals surface area contributed by atoms with Crippen molar-refractivity contribution in [3.8, 4) is 0 Å². The molecular weight excluding hydrogens is 198 g/mol. The van der Waals surface area contributed by atoms with Crippen LogP contribution in [0, 0.1) is 5.92 Å². The Morgan fingerprint density at radius 3 is 2.81 bits per heavy atom. The van der Waals surface area contributed by atoms with Crippen molar-refractivity contribution in [2.75, 3.05) is 13.2 Å². The van der Waals surface area contributed by atoms with E-state index in [0.717, 1.165) is 26.0 Å². The molecule has 2 heteroatoms. The predicted molar refractivity (Wildman–Crippen MR) is 66.3 cm³/mol. The smallest absolute Gasteiger partial charge is 0.0618 e. The molecule has 2 nitrogen and oxygen atoms in total. The van der Waals surface area contributed by atoms with Gasteiger partial charge >= 0.3 is 0 Å². The fraction of sp³-hybridized carbons (Fsp3) is 0.571. The Kier molecular flexibility index (Phi) is 4.37. The van der Waals surface area contributed by atoms with Crippen molar-refractivity contribution in [3.63, 3.8) is 0 Å². The predicted octanol–water partition coefficient (Wildman–Crippen LogP) is 2.37. The lowest BCUT2D eigenvalue weighted by Crippen LogP contribution is -2.34. The summed E-state index contributed by atoms with van der Waals surface area (Å²) in [5, 5.41) is 0. The molecule has 1 aromatic carbocycles. The SMILES string of the molecule is NCC1CCCOC1CCc1ccccc1. The van der Waals surface area contributed by atoms with Crippen LogP contribution in [-0.4, -0.2) is 19.3 Å². The van der Waals surface area contributed by atoms with Crippen molar-refractivity contribution < 1.29 is 4.74 Å². The van der Waals surface area contributed by atoms with Crippen LogP contribution >= 0.6 is 0 Å². The standard InChI is InChI=1S/C14H21NO/c15-11-13-7-4-10-16-14(13)9-8-12-5-2-1-3-6-12/h1-3,5-6,13-14H,4,7-11,15H2. The zero-order valence-corrected chi connectivity index (χ0v) is 9.77. The highest BCUT2D eigenvalue weighted by molar-refractivity contribution is 5.14. The summed E-state index contributed by atoms with van der Waals surface area (Å²) in [6.07, 6.45) is 4.98. The molecule has 2 unspecified atom stereocenters. The number of nitrogens with two attached hydrogens (primary N) is 1. The second kappa shape index (κ2) is 6.02. The molecule has 1 saturated heterocycles. The van der Waals surface area contributed by atoms with E-state index in [4.69, 9.17) is 10.5 Å². The molecule has 0 radical (unpaired) electrons. The van der Waals surface area contributed by atoms with E-state index in [1.807, 2.05) is 0 Å². The van der Waals surface area contributed by atoms with Gasteiger partial charge in [0.2, 0.25) is 0 Å². The largest absolute Gasteiger partial charge is 0.378 e. The molecule has 88 valence electrons. The molecule has 0 amide bonds. The minimum Gasteiger partial charge on any atom is -0.378 e. The molecule has 0 aliphatic carbocycles. The Morgan fingerprint density at radius 1 is 1.25 bits per heavy atom. The Labute approximate surface area is 97.8 Å². The summed E-state index contributed by atoms with van der Waals surface area (Å²) >= 11 is 0. The van der Waals surface area contributed by atoms with Crippen LogP contribution in [0.1, 0.15) is 24.8 Å². The number of benzene rings is 1. The van der Waals surface area contributed by atoms with Crippen molar-refractivity contribution in [1.82, 2.24) is 0 Å². The summed E-state index contributed by atoms with van der Waals surface area (Å²) in [5.74, 6) is 0.567. The molecular formula is C14H21NO. The maximum atomic E-state index is 5.82. The highest BCUT2D eigenvalue weighted by Gasteiger charge is 2.24. The maximum absolute atomic E-state index is 5.82. The van der Waals surface area contributed by atoms with E-state index >= 15 is 0 Å². The van der Waals surface area contributed by atoms with Crippen LogP contribution in [-0.2, 0) is 11.2 Å². The minimum absolute atomic E-state index is 0.374. The topological polar surface area (TPSA) is 35.2 Å². The number of hydrogen-bond donors (Lipinski definition) is 1. The van der Waals surface area contributed by atoms with Crippen molar-refractivity contribution in [1.29, 1.82) is 0 Å². The number of rotatable bonds is 4. The maximum Gasteiger partial charge on any atom is 0.0618 e. The third-order valence-corrected chi connectivity index (χ3v) is 3.44. The van der Waals surface area contributed by atoms with E-state index in [1.54, 1.807) is 0 Å². The Bertz CT molecular complexity index is 299. The zero-order chi connectivity index (χ0) is 11.2. The van der Waals surface area contributed by atoms with E-state index < -0.39 is 0 Å². The molecule has 16 heavy (non-hydrogen) atoms. The van der Waals surface area contributed by atoms with E-state index in [-0.39, 0.29) is 0 Å². The third kappa shape index (κ3) is 3.06. The molecule has 1 fully saturated rings. The van der Waals surface area contributed by atoms with Crippen molar-refractivity contribution in [2.45, 2.75) is 31.8 Å². The van der Waals surface area contributed by atoms with Gasteiger partial charge in [-0.2, -0.15) is 0 Å². The monoisotopic (exact) mass is 219 g/mol. The van der Waals surface area contributed by atoms with E-state index in [2.05, 4.69) is 30.3 Å². The summed E-state index contributed by atoms with van der Waals surface area (Å²) < 4.78 is 5.82. The summed E-state index contributed by atoms with van der Waals surface area (Å²) in [7, 11) is 0. The lowest BCUT2D eigenvalue weighted by atomic mass is 9.90. The first-order valence-corrected chi connectivity index (χ1v) is 6.25. The average molecular weight is 219 g/mol. The van der Waals surface area contributed by atoms with Crippen LogP contribution in [0.2, 0.25) is 0 Å². The molecule has 2 rings (SSSR count). The van der Waals surface area contributed by atoms with Gasteiger partial charge in [0.05, 0.1) is 6.10 Å². The molecule has 2 atom stereocenters. The Balaban J connectivity index is 1.84. The van der Waals surface area contributed by atoms with E-state index in [9.17, 15) is 0 Å². The van der Waals surface area contributed by atoms with Gasteiger partial charge in [0.25, 0.3) is 0 Å². The van der Waals surface area contributed by atoms with Crippen molar-refractivity contribution in [2.24, 2.45) is 11.7 Å². The Hall–Kier alpha value is -0.860. The van der Waals surface area contributed by atoms with Gasteiger partial charge in [0, 0.05) is 6.61 Å². The number of aryl methyl sites for hydroxylation is 1. The zero-order valence-electron chi connectivity index (χ0n) is 9.77. The molecule has 0 bridgehead atoms. The first kappa shape index (κ1) is 11.6. The summed E-state index contributed by atoms with van der Waals surface area (Å²) in [6, 6.07) is 10.6. The van der Waals surface area contributed by atoms with Crippen LogP contribution in [0.5, 0.6) is 0 Å². The average Bonchev–Trinajstić information content (AvgIpc) is 2.38. The fourth-order valence-corrected chi connectivity index (χ4v) is 2.44. The second-order valence-electron chi connectivity index (χ2n) is 4.57. The highest BCUT2D eigenvalue weighted by Crippen LogP contribution is 2.23. The highest BCUT2D eigenvalue weighted by atomic mass is 16.5. The summed E-state index contributed by atoms with van der Waals surface area (Å²) in [6.45, 7) is 1.68. The lowest BCUT2D eigenvalue weighted by molar-refractivity contribution is -0.0273. The molecule has 0 aromatic heterocycles. The van der Waals surface area contributed by atoms with Gasteiger partial charge in [-0.1, -0.05) is 30.3 Å². The molecule has 1 heterocycles. The number of hydrogen-bond acceptors (Lipinski definition) is 2. The van der Waals surface area contributed by atoms with Crippen LogP contribution < -0.4 is 5.73 Å². The molecule has 0 saturated carbocycles. The minimum atomic E-state index is 0.374. The van der Waals surface area contributed by atoms with Gasteiger partial charge in [0.15, 0.2) is 0 Å². The van der Waals surface area contributed by atoms with E-state index in [0.29, 0.717) is 12.0 Å². The Morgan fingerprint density at radius 2 is 2.06 bits per heavy atom. The van der Waals surface area contributed by atoms with Crippen molar-refractivity contribution >= 4 is 0 Å². The normalized spacial score (nSPS) is 25.6. The van der Waals surface area contributed by atoms with Crippen LogP contribution in [0.3, 0.4) is 0 Å². The van der Waals surface area contributed by atoms with Gasteiger partial charge in [-0.05, 0) is 43.7 Å². The number of ether oxygens (including phenoxy) is 1. The van der Waals surface area contributed by atoms with Crippen molar-refractivity contribution in [3.05, 3.63) is 35.9 Å². The van der Waals surface area contributed by atoms with E-state index in [1.165, 1.54) is 18.4 Å². The second-order valence-corrected chi connectivity index (χ2v) is 4.57. The van der Waals surface area contributed by atoms with Gasteiger partial charge < -0.3 is 10.5 Å². The van der Waals surface area contributed by atoms with Gasteiger partial charge in [-0.25, -0.2) is 0 Å². The molecule has 1 aliphatic heterocycles. The van der Waals surface area contributed by atoms with Gasteiger partial charge in [-0.3, -0.25) is 0 Å². The molecule has 1 aromatic rings. The quantitative estimate of drug-likeness (QED) is 0.843. The summed E-state index contributed by atoms with van der Waals surface area (Å²) in [4.78, 5) is 0.